The van der Waals surface area contributed by atoms with Gasteiger partial charge in [0.25, 0.3) is 5.91 Å². The van der Waals surface area contributed by atoms with Gasteiger partial charge in [-0.05, 0) is 56.2 Å². The summed E-state index contributed by atoms with van der Waals surface area (Å²) in [5.41, 5.74) is 2.94. The number of aromatic nitrogens is 2. The van der Waals surface area contributed by atoms with Crippen LogP contribution >= 0.6 is 0 Å². The third-order valence-electron chi connectivity index (χ3n) is 4.76. The molecule has 1 heterocycles. The van der Waals surface area contributed by atoms with E-state index in [1.807, 2.05) is 6.07 Å². The predicted octanol–water partition coefficient (Wildman–Crippen LogP) is 4.21. The molecule has 0 aliphatic rings. The van der Waals surface area contributed by atoms with Crippen LogP contribution in [0.1, 0.15) is 42.4 Å². The predicted molar refractivity (Wildman–Crippen MR) is 108 cm³/mol. The Kier molecular flexibility index (Phi) is 6.47. The number of amides is 1. The summed E-state index contributed by atoms with van der Waals surface area (Å²) in [5.74, 6) is 1.87. The molecule has 142 valence electrons. The van der Waals surface area contributed by atoms with Gasteiger partial charge >= 0.3 is 0 Å². The molecule has 0 spiro atoms. The molecule has 0 fully saturated rings. The van der Waals surface area contributed by atoms with E-state index in [4.69, 9.17) is 9.72 Å². The maximum absolute atomic E-state index is 12.1. The lowest BCUT2D eigenvalue weighted by Crippen LogP contribution is -2.24. The Balaban J connectivity index is 1.41. The van der Waals surface area contributed by atoms with Gasteiger partial charge in [0.05, 0.1) is 18.1 Å². The highest BCUT2D eigenvalue weighted by molar-refractivity contribution is 5.94. The number of benzene rings is 2. The van der Waals surface area contributed by atoms with E-state index in [9.17, 15) is 4.79 Å². The Morgan fingerprint density at radius 1 is 1.07 bits per heavy atom. The third-order valence-corrected chi connectivity index (χ3v) is 4.76. The molecule has 0 unspecified atom stereocenters. The minimum Gasteiger partial charge on any atom is -0.497 e. The zero-order chi connectivity index (χ0) is 19.1. The van der Waals surface area contributed by atoms with Gasteiger partial charge in [-0.25, -0.2) is 4.98 Å². The zero-order valence-corrected chi connectivity index (χ0v) is 16.1. The lowest BCUT2D eigenvalue weighted by molar-refractivity contribution is 0.0953. The Morgan fingerprint density at radius 2 is 1.85 bits per heavy atom. The maximum Gasteiger partial charge on any atom is 0.251 e. The quantitative estimate of drug-likeness (QED) is 0.578. The van der Waals surface area contributed by atoms with Gasteiger partial charge in [0.15, 0.2) is 0 Å². The highest BCUT2D eigenvalue weighted by Gasteiger charge is 2.09. The first-order valence-electron chi connectivity index (χ1n) is 9.59. The van der Waals surface area contributed by atoms with Gasteiger partial charge in [-0.2, -0.15) is 0 Å². The lowest BCUT2D eigenvalue weighted by Gasteiger charge is -2.07. The average molecular weight is 365 g/mol. The Bertz CT molecular complexity index is 884. The fraction of sp³-hybridized carbons (Fsp3) is 0.364. The summed E-state index contributed by atoms with van der Waals surface area (Å²) >= 11 is 0. The SMILES string of the molecule is CCn1c(CCCCCNC(=O)c2ccc(OC)cc2)nc2ccccc21. The number of nitrogens with one attached hydrogen (secondary N) is 1. The fourth-order valence-corrected chi connectivity index (χ4v) is 3.30. The summed E-state index contributed by atoms with van der Waals surface area (Å²) in [5, 5.41) is 2.98. The Hall–Kier alpha value is -2.82. The number of imidazole rings is 1. The van der Waals surface area contributed by atoms with Gasteiger partial charge in [-0.1, -0.05) is 18.6 Å². The molecule has 0 saturated heterocycles. The molecule has 0 radical (unpaired) electrons. The number of aryl methyl sites for hydroxylation is 2. The number of nitrogens with zero attached hydrogens (tertiary/aromatic N) is 2. The summed E-state index contributed by atoms with van der Waals surface area (Å²) in [6.45, 7) is 3.79. The minimum atomic E-state index is -0.0366. The van der Waals surface area contributed by atoms with Crippen molar-refractivity contribution >= 4 is 16.9 Å². The lowest BCUT2D eigenvalue weighted by atomic mass is 10.1. The van der Waals surface area contributed by atoms with Gasteiger partial charge in [0.1, 0.15) is 11.6 Å². The number of methoxy groups -OCH3 is 1. The van der Waals surface area contributed by atoms with E-state index in [1.165, 1.54) is 5.52 Å². The zero-order valence-electron chi connectivity index (χ0n) is 16.1. The van der Waals surface area contributed by atoms with Crippen LogP contribution in [0.2, 0.25) is 0 Å². The second-order valence-corrected chi connectivity index (χ2v) is 6.56. The van der Waals surface area contributed by atoms with Crippen LogP contribution in [0, 0.1) is 0 Å². The monoisotopic (exact) mass is 365 g/mol. The molecule has 1 N–H and O–H groups in total. The van der Waals surface area contributed by atoms with Crippen LogP contribution in [-0.4, -0.2) is 29.1 Å². The number of hydrogen-bond acceptors (Lipinski definition) is 3. The molecule has 1 amide bonds. The second-order valence-electron chi connectivity index (χ2n) is 6.56. The summed E-state index contributed by atoms with van der Waals surface area (Å²) < 4.78 is 7.40. The molecule has 5 nitrogen and oxygen atoms in total. The number of carbonyl (C=O) groups excluding carboxylic acids is 1. The van der Waals surface area contributed by atoms with E-state index in [-0.39, 0.29) is 5.91 Å². The van der Waals surface area contributed by atoms with Gasteiger partial charge < -0.3 is 14.6 Å². The first kappa shape index (κ1) is 19.0. The van der Waals surface area contributed by atoms with E-state index in [0.717, 1.165) is 49.3 Å². The molecule has 0 saturated carbocycles. The highest BCUT2D eigenvalue weighted by atomic mass is 16.5. The highest BCUT2D eigenvalue weighted by Crippen LogP contribution is 2.17. The summed E-state index contributed by atoms with van der Waals surface area (Å²) in [6, 6.07) is 15.5. The molecule has 0 aliphatic heterocycles. The van der Waals surface area contributed by atoms with Gasteiger partial charge in [-0.15, -0.1) is 0 Å². The molecular formula is C22H27N3O2. The van der Waals surface area contributed by atoms with Crippen molar-refractivity contribution in [3.63, 3.8) is 0 Å². The Morgan fingerprint density at radius 3 is 2.59 bits per heavy atom. The topological polar surface area (TPSA) is 56.2 Å². The number of rotatable bonds is 9. The number of hydrogen-bond donors (Lipinski definition) is 1. The molecule has 3 aromatic rings. The minimum absolute atomic E-state index is 0.0366. The molecule has 0 aliphatic carbocycles. The summed E-state index contributed by atoms with van der Waals surface area (Å²) in [4.78, 5) is 16.9. The Labute approximate surface area is 160 Å². The number of fused-ring (bicyclic) bond motifs is 1. The molecule has 5 heteroatoms. The molecular weight excluding hydrogens is 338 g/mol. The normalized spacial score (nSPS) is 10.9. The van der Waals surface area contributed by atoms with Crippen molar-refractivity contribution in [1.29, 1.82) is 0 Å². The fourth-order valence-electron chi connectivity index (χ4n) is 3.30. The van der Waals surface area contributed by atoms with E-state index >= 15 is 0 Å². The molecule has 0 bridgehead atoms. The van der Waals surface area contributed by atoms with Crippen molar-refractivity contribution in [3.8, 4) is 5.75 Å². The van der Waals surface area contributed by atoms with E-state index < -0.39 is 0 Å². The number of para-hydroxylation sites is 2. The van der Waals surface area contributed by atoms with Crippen LogP contribution in [0.5, 0.6) is 5.75 Å². The maximum atomic E-state index is 12.1. The van der Waals surface area contributed by atoms with Crippen molar-refractivity contribution in [1.82, 2.24) is 14.9 Å². The van der Waals surface area contributed by atoms with Crippen LogP contribution in [0.4, 0.5) is 0 Å². The van der Waals surface area contributed by atoms with Gasteiger partial charge in [0.2, 0.25) is 0 Å². The number of carbonyl (C=O) groups is 1. The molecule has 3 rings (SSSR count). The molecule has 27 heavy (non-hydrogen) atoms. The van der Waals surface area contributed by atoms with E-state index in [0.29, 0.717) is 12.1 Å². The van der Waals surface area contributed by atoms with Crippen molar-refractivity contribution in [2.45, 2.75) is 39.2 Å². The summed E-state index contributed by atoms with van der Waals surface area (Å²) in [7, 11) is 1.62. The average Bonchev–Trinajstić information content (AvgIpc) is 3.07. The van der Waals surface area contributed by atoms with Crippen molar-refractivity contribution < 1.29 is 9.53 Å². The summed E-state index contributed by atoms with van der Waals surface area (Å²) in [6.07, 6.45) is 4.07. The van der Waals surface area contributed by atoms with Crippen molar-refractivity contribution in [3.05, 3.63) is 59.9 Å². The van der Waals surface area contributed by atoms with Crippen LogP contribution in [0.15, 0.2) is 48.5 Å². The van der Waals surface area contributed by atoms with Crippen LogP contribution in [0.25, 0.3) is 11.0 Å². The first-order valence-corrected chi connectivity index (χ1v) is 9.59. The standard InChI is InChI=1S/C22H27N3O2/c1-3-25-20-10-7-6-9-19(20)24-21(25)11-5-4-8-16-23-22(26)17-12-14-18(27-2)15-13-17/h6-7,9-10,12-15H,3-5,8,11,16H2,1-2H3,(H,23,26). The van der Waals surface area contributed by atoms with Gasteiger partial charge in [0, 0.05) is 25.1 Å². The van der Waals surface area contributed by atoms with Crippen molar-refractivity contribution in [2.75, 3.05) is 13.7 Å². The van der Waals surface area contributed by atoms with E-state index in [1.54, 1.807) is 31.4 Å². The van der Waals surface area contributed by atoms with Crippen LogP contribution < -0.4 is 10.1 Å². The van der Waals surface area contributed by atoms with E-state index in [2.05, 4.69) is 35.0 Å². The molecule has 2 aromatic carbocycles. The molecule has 0 atom stereocenters. The largest absolute Gasteiger partial charge is 0.497 e. The van der Waals surface area contributed by atoms with Crippen LogP contribution in [-0.2, 0) is 13.0 Å². The van der Waals surface area contributed by atoms with Gasteiger partial charge in [-0.3, -0.25) is 4.79 Å². The number of ether oxygens (including phenoxy) is 1. The van der Waals surface area contributed by atoms with Crippen LogP contribution in [0.3, 0.4) is 0 Å². The third kappa shape index (κ3) is 4.67. The smallest absolute Gasteiger partial charge is 0.251 e. The number of unbranched alkanes of at least 4 members (excludes halogenated alkanes) is 2. The van der Waals surface area contributed by atoms with Crippen molar-refractivity contribution in [2.24, 2.45) is 0 Å². The second kappa shape index (κ2) is 9.21. The molecule has 1 aromatic heterocycles. The first-order chi connectivity index (χ1) is 13.2.